The number of hydrogen-bond acceptors (Lipinski definition) is 3. The number of aliphatic hydroxyl groups is 1. The number of likely N-dealkylation sites (tertiary alicyclic amines) is 1. The lowest BCUT2D eigenvalue weighted by molar-refractivity contribution is 0.0429. The van der Waals surface area contributed by atoms with Crippen molar-refractivity contribution >= 4 is 0 Å². The van der Waals surface area contributed by atoms with Crippen LogP contribution >= 0.6 is 0 Å². The van der Waals surface area contributed by atoms with Crippen LogP contribution in [0.1, 0.15) is 25.3 Å². The molecular weight excluding hydrogens is 250 g/mol. The van der Waals surface area contributed by atoms with E-state index in [9.17, 15) is 5.11 Å². The maximum absolute atomic E-state index is 9.49. The molecule has 0 amide bonds. The molecule has 2 rings (SSSR count). The van der Waals surface area contributed by atoms with E-state index in [0.29, 0.717) is 6.61 Å². The average molecular weight is 273 g/mol. The van der Waals surface area contributed by atoms with Crippen molar-refractivity contribution in [3.8, 4) is 18.1 Å². The zero-order chi connectivity index (χ0) is 14.4. The Labute approximate surface area is 121 Å². The first-order valence-corrected chi connectivity index (χ1v) is 7.14. The minimum atomic E-state index is 0.0497. The molecule has 1 saturated heterocycles. The van der Waals surface area contributed by atoms with Gasteiger partial charge in [-0.1, -0.05) is 25.0 Å². The molecule has 20 heavy (non-hydrogen) atoms. The summed E-state index contributed by atoms with van der Waals surface area (Å²) in [5.74, 6) is 3.27. The maximum Gasteiger partial charge on any atom is 0.148 e. The molecule has 3 heteroatoms. The third-order valence-electron chi connectivity index (χ3n) is 3.89. The van der Waals surface area contributed by atoms with Gasteiger partial charge in [0.05, 0.1) is 0 Å². The SMILES string of the molecule is C#CCOc1ccc(CN2CCCC(C)(CO)C2)cc1. The molecule has 1 N–H and O–H groups in total. The standard InChI is InChI=1S/C17H23NO2/c1-3-11-20-16-7-5-15(6-8-16)12-18-10-4-9-17(2,13-18)14-19/h1,5-8,19H,4,9-14H2,2H3. The molecule has 1 aromatic rings. The van der Waals surface area contributed by atoms with E-state index in [1.807, 2.05) is 12.1 Å². The van der Waals surface area contributed by atoms with E-state index < -0.39 is 0 Å². The number of benzene rings is 1. The van der Waals surface area contributed by atoms with Crippen molar-refractivity contribution in [3.05, 3.63) is 29.8 Å². The van der Waals surface area contributed by atoms with Gasteiger partial charge in [0.15, 0.2) is 0 Å². The van der Waals surface area contributed by atoms with E-state index in [1.165, 1.54) is 5.56 Å². The number of aliphatic hydroxyl groups excluding tert-OH is 1. The highest BCUT2D eigenvalue weighted by molar-refractivity contribution is 5.27. The molecule has 0 bridgehead atoms. The maximum atomic E-state index is 9.49. The number of terminal acetylenes is 1. The predicted molar refractivity (Wildman–Crippen MR) is 80.5 cm³/mol. The Morgan fingerprint density at radius 2 is 2.15 bits per heavy atom. The van der Waals surface area contributed by atoms with Gasteiger partial charge >= 0.3 is 0 Å². The summed E-state index contributed by atoms with van der Waals surface area (Å²) in [7, 11) is 0. The molecule has 0 aliphatic carbocycles. The average Bonchev–Trinajstić information content (AvgIpc) is 2.47. The van der Waals surface area contributed by atoms with Crippen molar-refractivity contribution < 1.29 is 9.84 Å². The van der Waals surface area contributed by atoms with Crippen molar-refractivity contribution in [1.29, 1.82) is 0 Å². The van der Waals surface area contributed by atoms with Gasteiger partial charge in [0.1, 0.15) is 12.4 Å². The van der Waals surface area contributed by atoms with Crippen LogP contribution in [0.3, 0.4) is 0 Å². The number of ether oxygens (including phenoxy) is 1. The fourth-order valence-corrected chi connectivity index (χ4v) is 2.77. The lowest BCUT2D eigenvalue weighted by Crippen LogP contribution is -2.43. The highest BCUT2D eigenvalue weighted by atomic mass is 16.5. The minimum absolute atomic E-state index is 0.0497. The lowest BCUT2D eigenvalue weighted by Gasteiger charge is -2.39. The molecule has 0 aromatic heterocycles. The van der Waals surface area contributed by atoms with E-state index >= 15 is 0 Å². The van der Waals surface area contributed by atoms with E-state index in [0.717, 1.165) is 38.2 Å². The van der Waals surface area contributed by atoms with Crippen molar-refractivity contribution in [2.45, 2.75) is 26.3 Å². The number of hydrogen-bond donors (Lipinski definition) is 1. The summed E-state index contributed by atoms with van der Waals surface area (Å²) < 4.78 is 5.37. The van der Waals surface area contributed by atoms with Gasteiger partial charge in [0.2, 0.25) is 0 Å². The highest BCUT2D eigenvalue weighted by Gasteiger charge is 2.30. The largest absolute Gasteiger partial charge is 0.481 e. The van der Waals surface area contributed by atoms with Crippen LogP contribution in [0.2, 0.25) is 0 Å². The first-order valence-electron chi connectivity index (χ1n) is 7.14. The van der Waals surface area contributed by atoms with E-state index in [1.54, 1.807) is 0 Å². The first kappa shape index (κ1) is 14.9. The number of nitrogens with zero attached hydrogens (tertiary/aromatic N) is 1. The second kappa shape index (κ2) is 6.78. The van der Waals surface area contributed by atoms with Crippen molar-refractivity contribution in [2.75, 3.05) is 26.3 Å². The van der Waals surface area contributed by atoms with Crippen molar-refractivity contribution in [2.24, 2.45) is 5.41 Å². The Morgan fingerprint density at radius 3 is 2.80 bits per heavy atom. The van der Waals surface area contributed by atoms with Gasteiger partial charge in [0.25, 0.3) is 0 Å². The molecule has 0 spiro atoms. The van der Waals surface area contributed by atoms with Crippen LogP contribution in [0.5, 0.6) is 5.75 Å². The zero-order valence-electron chi connectivity index (χ0n) is 12.1. The van der Waals surface area contributed by atoms with Crippen LogP contribution < -0.4 is 4.74 Å². The summed E-state index contributed by atoms with van der Waals surface area (Å²) in [4.78, 5) is 2.41. The Bertz CT molecular complexity index is 463. The second-order valence-electron chi connectivity index (χ2n) is 5.92. The molecule has 3 nitrogen and oxygen atoms in total. The van der Waals surface area contributed by atoms with Crippen LogP contribution in [-0.2, 0) is 6.54 Å². The third kappa shape index (κ3) is 4.00. The van der Waals surface area contributed by atoms with E-state index in [2.05, 4.69) is 29.9 Å². The molecule has 1 aromatic carbocycles. The summed E-state index contributed by atoms with van der Waals surface area (Å²) in [6.45, 7) is 5.72. The summed E-state index contributed by atoms with van der Waals surface area (Å²) >= 11 is 0. The van der Waals surface area contributed by atoms with Gasteiger partial charge in [-0.15, -0.1) is 6.42 Å². The van der Waals surface area contributed by atoms with Crippen molar-refractivity contribution in [3.63, 3.8) is 0 Å². The van der Waals surface area contributed by atoms with Gasteiger partial charge in [-0.2, -0.15) is 0 Å². The van der Waals surface area contributed by atoms with Crippen LogP contribution in [0.15, 0.2) is 24.3 Å². The molecule has 0 saturated carbocycles. The van der Waals surface area contributed by atoms with E-state index in [-0.39, 0.29) is 12.0 Å². The quantitative estimate of drug-likeness (QED) is 0.836. The topological polar surface area (TPSA) is 32.7 Å². The van der Waals surface area contributed by atoms with Crippen LogP contribution in [0.25, 0.3) is 0 Å². The smallest absolute Gasteiger partial charge is 0.148 e. The number of piperidine rings is 1. The summed E-state index contributed by atoms with van der Waals surface area (Å²) in [6.07, 6.45) is 7.43. The molecule has 1 fully saturated rings. The summed E-state index contributed by atoms with van der Waals surface area (Å²) in [6, 6.07) is 8.08. The van der Waals surface area contributed by atoms with E-state index in [4.69, 9.17) is 11.2 Å². The van der Waals surface area contributed by atoms with Crippen LogP contribution in [0.4, 0.5) is 0 Å². The normalized spacial score (nSPS) is 23.2. The Morgan fingerprint density at radius 1 is 1.40 bits per heavy atom. The molecule has 1 unspecified atom stereocenters. The van der Waals surface area contributed by atoms with Gasteiger partial charge in [-0.25, -0.2) is 0 Å². The van der Waals surface area contributed by atoms with Gasteiger partial charge in [-0.3, -0.25) is 4.90 Å². The molecule has 108 valence electrons. The second-order valence-corrected chi connectivity index (χ2v) is 5.92. The molecule has 1 aliphatic heterocycles. The molecule has 1 aliphatic rings. The molecule has 0 radical (unpaired) electrons. The minimum Gasteiger partial charge on any atom is -0.481 e. The van der Waals surface area contributed by atoms with Crippen molar-refractivity contribution in [1.82, 2.24) is 4.90 Å². The monoisotopic (exact) mass is 273 g/mol. The Kier molecular flexibility index (Phi) is 5.05. The Balaban J connectivity index is 1.91. The highest BCUT2D eigenvalue weighted by Crippen LogP contribution is 2.29. The van der Waals surface area contributed by atoms with Crippen LogP contribution in [0, 0.1) is 17.8 Å². The third-order valence-corrected chi connectivity index (χ3v) is 3.89. The zero-order valence-corrected chi connectivity index (χ0v) is 12.1. The Hall–Kier alpha value is -1.50. The fraction of sp³-hybridized carbons (Fsp3) is 0.529. The first-order chi connectivity index (χ1) is 9.65. The van der Waals surface area contributed by atoms with Crippen LogP contribution in [-0.4, -0.2) is 36.3 Å². The molecule has 1 heterocycles. The molecule has 1 atom stereocenters. The van der Waals surface area contributed by atoms with Gasteiger partial charge in [-0.05, 0) is 37.1 Å². The van der Waals surface area contributed by atoms with Gasteiger partial charge < -0.3 is 9.84 Å². The predicted octanol–water partition coefficient (Wildman–Crippen LogP) is 2.29. The molecular formula is C17H23NO2. The lowest BCUT2D eigenvalue weighted by atomic mass is 9.82. The number of rotatable bonds is 5. The summed E-state index contributed by atoms with van der Waals surface area (Å²) in [5.41, 5.74) is 1.31. The van der Waals surface area contributed by atoms with Gasteiger partial charge in [0, 0.05) is 25.1 Å². The summed E-state index contributed by atoms with van der Waals surface area (Å²) in [5, 5.41) is 9.49. The fourth-order valence-electron chi connectivity index (χ4n) is 2.77.